The van der Waals surface area contributed by atoms with Gasteiger partial charge in [0.05, 0.1) is 5.69 Å². The standard InChI is InChI=1S/C19H18FNO2S/c20-15-5-1-13(2-6-15)17-11-19(9-10-19)12-18(17)14-3-7-16(8-4-14)21-24(22)23/h1-8H,9-12H2,(H2,21,22,23). The predicted octanol–water partition coefficient (Wildman–Crippen LogP) is 5.69. The molecule has 3 nitrogen and oxygen atoms in total. The van der Waals surface area contributed by atoms with Gasteiger partial charge in [-0.05, 0) is 77.6 Å². The van der Waals surface area contributed by atoms with E-state index in [-0.39, 0.29) is 5.82 Å². The summed E-state index contributed by atoms with van der Waals surface area (Å²) in [6.45, 7) is 0. The lowest BCUT2D eigenvalue weighted by atomic mass is 9.97. The van der Waals surface area contributed by atoms with Crippen LogP contribution in [0, 0.1) is 11.2 Å². The normalized spacial score (nSPS) is 18.5. The third-order valence-electron chi connectivity index (χ3n) is 5.02. The van der Waals surface area contributed by atoms with E-state index >= 15 is 0 Å². The van der Waals surface area contributed by atoms with Gasteiger partial charge < -0.3 is 9.11 Å². The lowest BCUT2D eigenvalue weighted by Crippen LogP contribution is -1.92. The summed E-state index contributed by atoms with van der Waals surface area (Å²) in [6.07, 6.45) is 4.62. The van der Waals surface area contributed by atoms with Gasteiger partial charge in [0.15, 0.2) is 11.3 Å². The van der Waals surface area contributed by atoms with Crippen molar-refractivity contribution in [3.8, 4) is 0 Å². The third kappa shape index (κ3) is 3.07. The van der Waals surface area contributed by atoms with Crippen LogP contribution in [-0.2, 0) is 11.3 Å². The van der Waals surface area contributed by atoms with Gasteiger partial charge in [-0.1, -0.05) is 24.3 Å². The van der Waals surface area contributed by atoms with Crippen LogP contribution in [-0.4, -0.2) is 9.11 Å². The molecule has 2 aliphatic rings. The van der Waals surface area contributed by atoms with Crippen LogP contribution in [0.15, 0.2) is 52.9 Å². The van der Waals surface area contributed by atoms with Crippen molar-refractivity contribution >= 4 is 28.1 Å². The average molecular weight is 343 g/mol. The molecule has 24 heavy (non-hydrogen) atoms. The molecule has 0 heterocycles. The summed E-state index contributed by atoms with van der Waals surface area (Å²) in [5, 5.41) is 0. The molecule has 0 aliphatic heterocycles. The monoisotopic (exact) mass is 343 g/mol. The van der Waals surface area contributed by atoms with Gasteiger partial charge in [0.1, 0.15) is 5.82 Å². The molecule has 2 aromatic rings. The molecule has 2 aliphatic carbocycles. The zero-order chi connectivity index (χ0) is 16.7. The third-order valence-corrected chi connectivity index (χ3v) is 5.39. The highest BCUT2D eigenvalue weighted by Gasteiger charge is 2.48. The number of benzene rings is 2. The maximum atomic E-state index is 13.2. The highest BCUT2D eigenvalue weighted by molar-refractivity contribution is 7.75. The van der Waals surface area contributed by atoms with E-state index in [1.165, 1.54) is 36.1 Å². The molecule has 0 radical (unpaired) electrons. The molecule has 1 fully saturated rings. The molecule has 1 saturated carbocycles. The van der Waals surface area contributed by atoms with Crippen molar-refractivity contribution in [3.05, 3.63) is 65.5 Å². The lowest BCUT2D eigenvalue weighted by molar-refractivity contribution is 0.519. The maximum Gasteiger partial charge on any atom is 0.176 e. The zero-order valence-electron chi connectivity index (χ0n) is 13.1. The minimum atomic E-state index is -1.94. The van der Waals surface area contributed by atoms with Crippen LogP contribution in [0.1, 0.15) is 36.8 Å². The highest BCUT2D eigenvalue weighted by atomic mass is 32.2. The molecular weight excluding hydrogens is 325 g/mol. The van der Waals surface area contributed by atoms with Gasteiger partial charge in [-0.15, -0.1) is 0 Å². The van der Waals surface area contributed by atoms with E-state index in [9.17, 15) is 4.39 Å². The van der Waals surface area contributed by atoms with Crippen molar-refractivity contribution < 1.29 is 13.5 Å². The zero-order valence-corrected chi connectivity index (χ0v) is 13.9. The van der Waals surface area contributed by atoms with Crippen molar-refractivity contribution in [1.29, 1.82) is 0 Å². The predicted molar refractivity (Wildman–Crippen MR) is 95.3 cm³/mol. The molecule has 0 unspecified atom stereocenters. The van der Waals surface area contributed by atoms with Crippen LogP contribution in [0.25, 0.3) is 11.1 Å². The number of hydrogen-bond acceptors (Lipinski definition) is 1. The number of hydrogen-bond donors (Lipinski definition) is 2. The summed E-state index contributed by atoms with van der Waals surface area (Å²) in [5.41, 5.74) is 5.81. The molecule has 1 spiro atoms. The van der Waals surface area contributed by atoms with Gasteiger partial charge >= 0.3 is 0 Å². The van der Waals surface area contributed by atoms with Gasteiger partial charge in [0.25, 0.3) is 0 Å². The molecular formula is C19H18FNO2S. The van der Waals surface area contributed by atoms with E-state index < -0.39 is 11.3 Å². The minimum Gasteiger partial charge on any atom is -0.300 e. The van der Waals surface area contributed by atoms with E-state index in [0.29, 0.717) is 11.1 Å². The van der Waals surface area contributed by atoms with E-state index in [1.807, 2.05) is 24.3 Å². The largest absolute Gasteiger partial charge is 0.300 e. The van der Waals surface area contributed by atoms with Crippen LogP contribution >= 0.6 is 0 Å². The Morgan fingerprint density at radius 3 is 1.79 bits per heavy atom. The van der Waals surface area contributed by atoms with E-state index in [1.54, 1.807) is 12.1 Å². The summed E-state index contributed by atoms with van der Waals surface area (Å²) >= 11 is -1.94. The average Bonchev–Trinajstić information content (AvgIpc) is 3.20. The Morgan fingerprint density at radius 2 is 1.33 bits per heavy atom. The first-order valence-corrected chi connectivity index (χ1v) is 9.07. The molecule has 5 heteroatoms. The van der Waals surface area contributed by atoms with E-state index in [2.05, 4.69) is 4.36 Å². The number of halogens is 1. The van der Waals surface area contributed by atoms with Gasteiger partial charge in [-0.2, -0.15) is 4.36 Å². The van der Waals surface area contributed by atoms with Crippen LogP contribution in [0.4, 0.5) is 10.1 Å². The van der Waals surface area contributed by atoms with Crippen molar-refractivity contribution in [3.63, 3.8) is 0 Å². The lowest BCUT2D eigenvalue weighted by Gasteiger charge is -2.09. The van der Waals surface area contributed by atoms with Gasteiger partial charge in [-0.25, -0.2) is 4.39 Å². The molecule has 0 aromatic heterocycles. The summed E-state index contributed by atoms with van der Waals surface area (Å²) in [4.78, 5) is 0. The fourth-order valence-electron chi connectivity index (χ4n) is 3.58. The Labute approximate surface area is 143 Å². The highest BCUT2D eigenvalue weighted by Crippen LogP contribution is 2.63. The molecule has 2 aromatic carbocycles. The maximum absolute atomic E-state index is 13.2. The van der Waals surface area contributed by atoms with Gasteiger partial charge in [0, 0.05) is 0 Å². The van der Waals surface area contributed by atoms with Gasteiger partial charge in [-0.3, -0.25) is 0 Å². The fourth-order valence-corrected chi connectivity index (χ4v) is 3.89. The molecule has 2 N–H and O–H groups in total. The second-order valence-electron chi connectivity index (χ2n) is 6.70. The Bertz CT molecular complexity index is 833. The van der Waals surface area contributed by atoms with Gasteiger partial charge in [0.2, 0.25) is 0 Å². The van der Waals surface area contributed by atoms with Crippen LogP contribution < -0.4 is 0 Å². The fraction of sp³-hybridized carbons (Fsp3) is 0.263. The Hall–Kier alpha value is -1.82. The van der Waals surface area contributed by atoms with E-state index in [0.717, 1.165) is 24.0 Å². The smallest absolute Gasteiger partial charge is 0.176 e. The minimum absolute atomic E-state index is 0.214. The van der Waals surface area contributed by atoms with Crippen molar-refractivity contribution in [2.75, 3.05) is 0 Å². The Balaban J connectivity index is 1.73. The molecule has 0 bridgehead atoms. The number of allylic oxidation sites excluding steroid dienone is 2. The second kappa shape index (κ2) is 5.92. The van der Waals surface area contributed by atoms with Crippen LogP contribution in [0.2, 0.25) is 0 Å². The van der Waals surface area contributed by atoms with E-state index in [4.69, 9.17) is 9.11 Å². The first kappa shape index (κ1) is 15.7. The number of rotatable bonds is 3. The summed E-state index contributed by atoms with van der Waals surface area (Å²) in [5.74, 6) is -0.214. The summed E-state index contributed by atoms with van der Waals surface area (Å²) < 4.78 is 34.9. The van der Waals surface area contributed by atoms with Crippen molar-refractivity contribution in [2.45, 2.75) is 25.7 Å². The first-order chi connectivity index (χ1) is 11.5. The molecule has 0 saturated heterocycles. The molecule has 0 amide bonds. The summed E-state index contributed by atoms with van der Waals surface area (Å²) in [7, 11) is 0. The van der Waals surface area contributed by atoms with Crippen molar-refractivity contribution in [1.82, 2.24) is 0 Å². The molecule has 124 valence electrons. The topological polar surface area (TPSA) is 52.8 Å². The number of nitrogens with zero attached hydrogens (tertiary/aromatic N) is 1. The summed E-state index contributed by atoms with van der Waals surface area (Å²) in [6, 6.07) is 14.3. The Kier molecular flexibility index (Phi) is 3.87. The Morgan fingerprint density at radius 1 is 0.833 bits per heavy atom. The molecule has 4 rings (SSSR count). The molecule has 0 atom stereocenters. The van der Waals surface area contributed by atoms with Crippen molar-refractivity contribution in [2.24, 2.45) is 9.78 Å². The van der Waals surface area contributed by atoms with Crippen LogP contribution in [0.5, 0.6) is 0 Å². The second-order valence-corrected chi connectivity index (χ2v) is 7.37. The first-order valence-electron chi connectivity index (χ1n) is 7.97. The quantitative estimate of drug-likeness (QED) is 0.752. The van der Waals surface area contributed by atoms with Crippen LogP contribution in [0.3, 0.4) is 0 Å². The SMILES string of the molecule is OS(O)=Nc1ccc(C2=C(c3ccc(F)cc3)CC3(CC3)C2)cc1.